The molecule has 0 radical (unpaired) electrons. The SMILES string of the molecule is CCOc1ccc(OCC)c(S(=O)(=O)Nc2ccc(Nc3nc(C)cc(N4CCCCC4)n3)cc2)c1. The third kappa shape index (κ3) is 6.37. The summed E-state index contributed by atoms with van der Waals surface area (Å²) < 4.78 is 40.0. The van der Waals surface area contributed by atoms with E-state index in [4.69, 9.17) is 14.5 Å². The molecule has 0 amide bonds. The smallest absolute Gasteiger partial charge is 0.265 e. The number of anilines is 4. The number of nitrogens with one attached hydrogen (secondary N) is 2. The second-order valence-corrected chi connectivity index (χ2v) is 10.2. The fourth-order valence-electron chi connectivity index (χ4n) is 4.08. The van der Waals surface area contributed by atoms with Crippen molar-refractivity contribution >= 4 is 33.2 Å². The van der Waals surface area contributed by atoms with Crippen LogP contribution in [-0.4, -0.2) is 44.7 Å². The summed E-state index contributed by atoms with van der Waals surface area (Å²) in [6, 6.07) is 13.7. The van der Waals surface area contributed by atoms with Crippen molar-refractivity contribution in [1.29, 1.82) is 0 Å². The molecule has 10 heteroatoms. The number of rotatable bonds is 10. The van der Waals surface area contributed by atoms with Crippen LogP contribution in [0.2, 0.25) is 0 Å². The molecular formula is C26H33N5O4S. The van der Waals surface area contributed by atoms with Gasteiger partial charge in [0.25, 0.3) is 10.0 Å². The lowest BCUT2D eigenvalue weighted by atomic mass is 10.1. The first kappa shape index (κ1) is 25.6. The lowest BCUT2D eigenvalue weighted by Gasteiger charge is -2.28. The fourth-order valence-corrected chi connectivity index (χ4v) is 5.30. The molecule has 0 bridgehead atoms. The van der Waals surface area contributed by atoms with Crippen LogP contribution in [0.25, 0.3) is 0 Å². The Morgan fingerprint density at radius 3 is 2.28 bits per heavy atom. The van der Waals surface area contributed by atoms with Crippen LogP contribution in [0.1, 0.15) is 38.8 Å². The Hall–Kier alpha value is -3.53. The number of ether oxygens (including phenoxy) is 2. The molecule has 1 aromatic heterocycles. The summed E-state index contributed by atoms with van der Waals surface area (Å²) in [7, 11) is -3.91. The molecule has 2 N–H and O–H groups in total. The van der Waals surface area contributed by atoms with Crippen LogP contribution in [0.3, 0.4) is 0 Å². The van der Waals surface area contributed by atoms with E-state index in [-0.39, 0.29) is 10.6 Å². The fraction of sp³-hybridized carbons (Fsp3) is 0.385. The van der Waals surface area contributed by atoms with E-state index in [1.807, 2.05) is 19.9 Å². The number of aryl methyl sites for hydroxylation is 1. The number of benzene rings is 2. The Labute approximate surface area is 212 Å². The average molecular weight is 512 g/mol. The number of hydrogen-bond donors (Lipinski definition) is 2. The van der Waals surface area contributed by atoms with Gasteiger partial charge >= 0.3 is 0 Å². The summed E-state index contributed by atoms with van der Waals surface area (Å²) in [5.41, 5.74) is 2.06. The van der Waals surface area contributed by atoms with Crippen LogP contribution < -0.4 is 24.4 Å². The molecule has 36 heavy (non-hydrogen) atoms. The zero-order valence-electron chi connectivity index (χ0n) is 21.0. The van der Waals surface area contributed by atoms with Gasteiger partial charge in [0.05, 0.1) is 13.2 Å². The molecule has 0 atom stereocenters. The van der Waals surface area contributed by atoms with Crippen molar-refractivity contribution in [2.75, 3.05) is 41.2 Å². The van der Waals surface area contributed by atoms with Gasteiger partial charge in [0.1, 0.15) is 22.2 Å². The summed E-state index contributed by atoms with van der Waals surface area (Å²) in [5, 5.41) is 3.23. The van der Waals surface area contributed by atoms with Crippen molar-refractivity contribution in [3.05, 3.63) is 54.2 Å². The van der Waals surface area contributed by atoms with Crippen molar-refractivity contribution in [3.63, 3.8) is 0 Å². The minimum Gasteiger partial charge on any atom is -0.494 e. The predicted octanol–water partition coefficient (Wildman–Crippen LogP) is 5.12. The second kappa shape index (κ2) is 11.5. The molecular weight excluding hydrogens is 478 g/mol. The minimum atomic E-state index is -3.91. The van der Waals surface area contributed by atoms with Gasteiger partial charge in [-0.25, -0.2) is 13.4 Å². The van der Waals surface area contributed by atoms with Crippen molar-refractivity contribution < 1.29 is 17.9 Å². The minimum absolute atomic E-state index is 0.0240. The first-order valence-electron chi connectivity index (χ1n) is 12.3. The lowest BCUT2D eigenvalue weighted by molar-refractivity contribution is 0.322. The quantitative estimate of drug-likeness (QED) is 0.387. The average Bonchev–Trinajstić information content (AvgIpc) is 2.86. The van der Waals surface area contributed by atoms with E-state index in [0.29, 0.717) is 30.6 Å². The maximum atomic E-state index is 13.2. The summed E-state index contributed by atoms with van der Waals surface area (Å²) >= 11 is 0. The highest BCUT2D eigenvalue weighted by Gasteiger charge is 2.21. The topological polar surface area (TPSA) is 106 Å². The monoisotopic (exact) mass is 511 g/mol. The molecule has 0 saturated carbocycles. The van der Waals surface area contributed by atoms with Crippen LogP contribution in [0.5, 0.6) is 11.5 Å². The summed E-state index contributed by atoms with van der Waals surface area (Å²) in [6.45, 7) is 8.38. The number of piperidine rings is 1. The van der Waals surface area contributed by atoms with Gasteiger partial charge in [0, 0.05) is 42.3 Å². The molecule has 1 aliphatic rings. The maximum Gasteiger partial charge on any atom is 0.265 e. The van der Waals surface area contributed by atoms with Crippen molar-refractivity contribution in [2.45, 2.75) is 44.9 Å². The van der Waals surface area contributed by atoms with E-state index < -0.39 is 10.0 Å². The van der Waals surface area contributed by atoms with Gasteiger partial charge < -0.3 is 19.7 Å². The Balaban J connectivity index is 1.49. The molecule has 0 unspecified atom stereocenters. The van der Waals surface area contributed by atoms with Gasteiger partial charge in [0.15, 0.2) is 0 Å². The van der Waals surface area contributed by atoms with Crippen LogP contribution >= 0.6 is 0 Å². The first-order chi connectivity index (χ1) is 17.4. The molecule has 3 aromatic rings. The molecule has 9 nitrogen and oxygen atoms in total. The van der Waals surface area contributed by atoms with Crippen LogP contribution in [0.15, 0.2) is 53.4 Å². The normalized spacial score (nSPS) is 13.8. The van der Waals surface area contributed by atoms with Crippen LogP contribution in [0.4, 0.5) is 23.1 Å². The van der Waals surface area contributed by atoms with E-state index in [2.05, 4.69) is 19.9 Å². The third-order valence-electron chi connectivity index (χ3n) is 5.73. The van der Waals surface area contributed by atoms with Crippen LogP contribution in [-0.2, 0) is 10.0 Å². The van der Waals surface area contributed by atoms with Gasteiger partial charge in [0.2, 0.25) is 5.95 Å². The molecule has 0 aliphatic carbocycles. The largest absolute Gasteiger partial charge is 0.494 e. The van der Waals surface area contributed by atoms with E-state index in [1.54, 1.807) is 43.3 Å². The summed E-state index contributed by atoms with van der Waals surface area (Å²) in [4.78, 5) is 11.5. The van der Waals surface area contributed by atoms with E-state index in [0.717, 1.165) is 30.3 Å². The number of aromatic nitrogens is 2. The Morgan fingerprint density at radius 1 is 0.889 bits per heavy atom. The molecule has 192 valence electrons. The van der Waals surface area contributed by atoms with Gasteiger partial charge in [-0.05, 0) is 76.4 Å². The molecule has 2 aromatic carbocycles. The highest BCUT2D eigenvalue weighted by Crippen LogP contribution is 2.31. The highest BCUT2D eigenvalue weighted by atomic mass is 32.2. The molecule has 1 saturated heterocycles. The standard InChI is InChI=1S/C26H33N5O4S/c1-4-34-22-13-14-23(35-5-2)24(18-22)36(32,33)30-21-11-9-20(10-12-21)28-26-27-19(3)17-25(29-26)31-15-7-6-8-16-31/h9-14,17-18,30H,4-8,15-16H2,1-3H3,(H,27,28,29). The maximum absolute atomic E-state index is 13.2. The molecule has 0 spiro atoms. The zero-order valence-corrected chi connectivity index (χ0v) is 21.8. The van der Waals surface area contributed by atoms with E-state index in [9.17, 15) is 8.42 Å². The number of sulfonamides is 1. The van der Waals surface area contributed by atoms with Crippen molar-refractivity contribution in [1.82, 2.24) is 9.97 Å². The van der Waals surface area contributed by atoms with Crippen molar-refractivity contribution in [3.8, 4) is 11.5 Å². The summed E-state index contributed by atoms with van der Waals surface area (Å²) in [6.07, 6.45) is 3.60. The first-order valence-corrected chi connectivity index (χ1v) is 13.8. The molecule has 4 rings (SSSR count). The van der Waals surface area contributed by atoms with Crippen LogP contribution in [0, 0.1) is 6.92 Å². The van der Waals surface area contributed by atoms with E-state index >= 15 is 0 Å². The number of hydrogen-bond acceptors (Lipinski definition) is 8. The Kier molecular flexibility index (Phi) is 8.14. The molecule has 1 aliphatic heterocycles. The van der Waals surface area contributed by atoms with Gasteiger partial charge in [-0.3, -0.25) is 4.72 Å². The second-order valence-electron chi connectivity index (χ2n) is 8.52. The van der Waals surface area contributed by atoms with Crippen molar-refractivity contribution in [2.24, 2.45) is 0 Å². The third-order valence-corrected chi connectivity index (χ3v) is 7.13. The predicted molar refractivity (Wildman–Crippen MR) is 142 cm³/mol. The van der Waals surface area contributed by atoms with Gasteiger partial charge in [-0.2, -0.15) is 4.98 Å². The zero-order chi connectivity index (χ0) is 25.5. The molecule has 2 heterocycles. The van der Waals surface area contributed by atoms with Gasteiger partial charge in [-0.15, -0.1) is 0 Å². The highest BCUT2D eigenvalue weighted by molar-refractivity contribution is 7.92. The summed E-state index contributed by atoms with van der Waals surface area (Å²) in [5.74, 6) is 2.17. The Morgan fingerprint density at radius 2 is 1.58 bits per heavy atom. The number of nitrogens with zero attached hydrogens (tertiary/aromatic N) is 3. The van der Waals surface area contributed by atoms with E-state index in [1.165, 1.54) is 25.3 Å². The Bertz CT molecular complexity index is 1280. The lowest BCUT2D eigenvalue weighted by Crippen LogP contribution is -2.30. The molecule has 1 fully saturated rings. The van der Waals surface area contributed by atoms with Gasteiger partial charge in [-0.1, -0.05) is 0 Å².